The van der Waals surface area contributed by atoms with E-state index < -0.39 is 5.97 Å². The van der Waals surface area contributed by atoms with E-state index in [0.717, 1.165) is 31.2 Å². The standard InChI is InChI=1S/C29H25NO4/c31-27-25-21-8-9-22(17-21)26(25)28(32)30(27)23-12-10-20(11-13-23)29(33)34-24-14-6-19(7-15-24)16-18-4-2-1-3-5-18/h1-7,10-15,21-22,25-26H,8-9,16-17H2/t21-,22-,25-,26-/m0/s1. The Labute approximate surface area is 198 Å². The van der Waals surface area contributed by atoms with Gasteiger partial charge in [0, 0.05) is 0 Å². The number of nitrogens with zero attached hydrogens (tertiary/aromatic N) is 1. The van der Waals surface area contributed by atoms with E-state index in [9.17, 15) is 14.4 Å². The van der Waals surface area contributed by atoms with Crippen LogP contribution in [0.4, 0.5) is 5.69 Å². The molecule has 2 amide bonds. The zero-order valence-corrected chi connectivity index (χ0v) is 18.7. The molecule has 3 aromatic rings. The number of imide groups is 1. The van der Waals surface area contributed by atoms with Crippen LogP contribution in [0.1, 0.15) is 40.7 Å². The first-order chi connectivity index (χ1) is 16.6. The van der Waals surface area contributed by atoms with E-state index in [1.807, 2.05) is 30.3 Å². The average molecular weight is 452 g/mol. The summed E-state index contributed by atoms with van der Waals surface area (Å²) in [6.07, 6.45) is 3.93. The number of hydrogen-bond donors (Lipinski definition) is 0. The summed E-state index contributed by atoms with van der Waals surface area (Å²) in [5.41, 5.74) is 3.26. The van der Waals surface area contributed by atoms with Crippen molar-refractivity contribution in [1.29, 1.82) is 0 Å². The van der Waals surface area contributed by atoms with Gasteiger partial charge in [-0.05, 0) is 85.0 Å². The van der Waals surface area contributed by atoms with Gasteiger partial charge in [0.25, 0.3) is 0 Å². The lowest BCUT2D eigenvalue weighted by atomic mass is 9.81. The smallest absolute Gasteiger partial charge is 0.343 e. The number of rotatable bonds is 5. The van der Waals surface area contributed by atoms with Gasteiger partial charge in [-0.2, -0.15) is 0 Å². The van der Waals surface area contributed by atoms with Crippen molar-refractivity contribution in [3.05, 3.63) is 95.6 Å². The van der Waals surface area contributed by atoms with Crippen molar-refractivity contribution in [3.8, 4) is 5.75 Å². The zero-order valence-electron chi connectivity index (χ0n) is 18.7. The third-order valence-corrected chi connectivity index (χ3v) is 7.67. The van der Waals surface area contributed by atoms with Crippen LogP contribution in [0.3, 0.4) is 0 Å². The molecule has 5 heteroatoms. The predicted molar refractivity (Wildman–Crippen MR) is 127 cm³/mol. The van der Waals surface area contributed by atoms with Gasteiger partial charge in [0.15, 0.2) is 0 Å². The number of carbonyl (C=O) groups excluding carboxylic acids is 3. The van der Waals surface area contributed by atoms with Crippen molar-refractivity contribution in [1.82, 2.24) is 0 Å². The Bertz CT molecular complexity index is 1220. The number of benzene rings is 3. The Kier molecular flexibility index (Phi) is 5.05. The summed E-state index contributed by atoms with van der Waals surface area (Å²) in [6, 6.07) is 24.2. The lowest BCUT2D eigenvalue weighted by Crippen LogP contribution is -2.32. The second-order valence-electron chi connectivity index (χ2n) is 9.64. The lowest BCUT2D eigenvalue weighted by molar-refractivity contribution is -0.123. The molecule has 0 aromatic heterocycles. The molecular formula is C29H25NO4. The normalized spacial score (nSPS) is 25.0. The van der Waals surface area contributed by atoms with Crippen LogP contribution in [0.25, 0.3) is 0 Å². The largest absolute Gasteiger partial charge is 0.423 e. The molecule has 0 N–H and O–H groups in total. The molecule has 0 radical (unpaired) electrons. The first kappa shape index (κ1) is 20.8. The Morgan fingerprint density at radius 1 is 0.765 bits per heavy atom. The molecule has 6 rings (SSSR count). The highest BCUT2D eigenvalue weighted by Crippen LogP contribution is 2.56. The van der Waals surface area contributed by atoms with E-state index in [1.165, 1.54) is 10.5 Å². The number of fused-ring (bicyclic) bond motifs is 5. The topological polar surface area (TPSA) is 63.7 Å². The first-order valence-electron chi connectivity index (χ1n) is 11.9. The number of anilines is 1. The van der Waals surface area contributed by atoms with Crippen LogP contribution >= 0.6 is 0 Å². The van der Waals surface area contributed by atoms with Crippen molar-refractivity contribution in [3.63, 3.8) is 0 Å². The Balaban J connectivity index is 1.12. The molecule has 0 spiro atoms. The zero-order chi connectivity index (χ0) is 23.2. The molecule has 3 fully saturated rings. The molecule has 2 saturated carbocycles. The summed E-state index contributed by atoms with van der Waals surface area (Å²) in [5.74, 6) is 0.243. The fourth-order valence-electron chi connectivity index (χ4n) is 6.08. The predicted octanol–water partition coefficient (Wildman–Crippen LogP) is 5.03. The number of esters is 1. The van der Waals surface area contributed by atoms with Crippen LogP contribution in [0, 0.1) is 23.7 Å². The maximum Gasteiger partial charge on any atom is 0.343 e. The summed E-state index contributed by atoms with van der Waals surface area (Å²) in [6.45, 7) is 0. The quantitative estimate of drug-likeness (QED) is 0.310. The number of amides is 2. The highest BCUT2D eigenvalue weighted by atomic mass is 16.5. The van der Waals surface area contributed by atoms with Gasteiger partial charge in [0.05, 0.1) is 23.1 Å². The number of carbonyl (C=O) groups is 3. The lowest BCUT2D eigenvalue weighted by Gasteiger charge is -2.19. The van der Waals surface area contributed by atoms with E-state index in [2.05, 4.69) is 12.1 Å². The van der Waals surface area contributed by atoms with Gasteiger partial charge >= 0.3 is 5.97 Å². The van der Waals surface area contributed by atoms with Crippen molar-refractivity contribution >= 4 is 23.5 Å². The maximum atomic E-state index is 13.0. The van der Waals surface area contributed by atoms with E-state index >= 15 is 0 Å². The van der Waals surface area contributed by atoms with E-state index in [4.69, 9.17) is 4.74 Å². The van der Waals surface area contributed by atoms with Gasteiger partial charge in [0.2, 0.25) is 11.8 Å². The van der Waals surface area contributed by atoms with E-state index in [0.29, 0.717) is 28.8 Å². The minimum atomic E-state index is -0.476. The number of ether oxygens (including phenoxy) is 1. The number of hydrogen-bond acceptors (Lipinski definition) is 4. The summed E-state index contributed by atoms with van der Waals surface area (Å²) < 4.78 is 5.52. The molecule has 2 aliphatic carbocycles. The highest BCUT2D eigenvalue weighted by molar-refractivity contribution is 6.22. The van der Waals surface area contributed by atoms with Gasteiger partial charge in [-0.15, -0.1) is 0 Å². The molecule has 2 bridgehead atoms. The van der Waals surface area contributed by atoms with Crippen LogP contribution < -0.4 is 9.64 Å². The molecule has 34 heavy (non-hydrogen) atoms. The maximum absolute atomic E-state index is 13.0. The third kappa shape index (κ3) is 3.52. The minimum Gasteiger partial charge on any atom is -0.423 e. The Hall–Kier alpha value is -3.73. The van der Waals surface area contributed by atoms with Gasteiger partial charge in [-0.3, -0.25) is 14.5 Å². The molecule has 1 aliphatic heterocycles. The molecule has 1 heterocycles. The molecule has 0 unspecified atom stereocenters. The van der Waals surface area contributed by atoms with Crippen molar-refractivity contribution in [2.24, 2.45) is 23.7 Å². The van der Waals surface area contributed by atoms with Gasteiger partial charge < -0.3 is 4.74 Å². The molecule has 3 aromatic carbocycles. The van der Waals surface area contributed by atoms with Crippen molar-refractivity contribution < 1.29 is 19.1 Å². The second kappa shape index (κ2) is 8.24. The summed E-state index contributed by atoms with van der Waals surface area (Å²) in [4.78, 5) is 40.0. The average Bonchev–Trinajstić information content (AvgIpc) is 3.55. The summed E-state index contributed by atoms with van der Waals surface area (Å²) in [5, 5.41) is 0. The van der Waals surface area contributed by atoms with Crippen LogP contribution in [-0.4, -0.2) is 17.8 Å². The van der Waals surface area contributed by atoms with Gasteiger partial charge in [0.1, 0.15) is 5.75 Å². The molecule has 1 saturated heterocycles. The van der Waals surface area contributed by atoms with E-state index in [-0.39, 0.29) is 23.7 Å². The minimum absolute atomic E-state index is 0.0758. The fourth-order valence-corrected chi connectivity index (χ4v) is 6.08. The SMILES string of the molecule is O=C(Oc1ccc(Cc2ccccc2)cc1)c1ccc(N2C(=O)[C@H]3[C@H]4CC[C@@H](C4)[C@@H]3C2=O)cc1. The van der Waals surface area contributed by atoms with Crippen LogP contribution in [0.5, 0.6) is 5.75 Å². The van der Waals surface area contributed by atoms with Gasteiger partial charge in [-0.25, -0.2) is 4.79 Å². The van der Waals surface area contributed by atoms with E-state index in [1.54, 1.807) is 36.4 Å². The third-order valence-electron chi connectivity index (χ3n) is 7.67. The van der Waals surface area contributed by atoms with Crippen molar-refractivity contribution in [2.45, 2.75) is 25.7 Å². The second-order valence-corrected chi connectivity index (χ2v) is 9.64. The Morgan fingerprint density at radius 2 is 1.35 bits per heavy atom. The van der Waals surface area contributed by atoms with Crippen molar-refractivity contribution in [2.75, 3.05) is 4.90 Å². The van der Waals surface area contributed by atoms with Crippen LogP contribution in [0.15, 0.2) is 78.9 Å². The molecule has 3 aliphatic rings. The molecule has 4 atom stereocenters. The molecular weight excluding hydrogens is 426 g/mol. The monoisotopic (exact) mass is 451 g/mol. The Morgan fingerprint density at radius 3 is 1.97 bits per heavy atom. The first-order valence-corrected chi connectivity index (χ1v) is 11.9. The van der Waals surface area contributed by atoms with Crippen LogP contribution in [-0.2, 0) is 16.0 Å². The summed E-state index contributed by atoms with van der Waals surface area (Å²) >= 11 is 0. The highest BCUT2D eigenvalue weighted by Gasteiger charge is 2.61. The summed E-state index contributed by atoms with van der Waals surface area (Å²) in [7, 11) is 0. The molecule has 170 valence electrons. The van der Waals surface area contributed by atoms with Crippen LogP contribution in [0.2, 0.25) is 0 Å². The fraction of sp³-hybridized carbons (Fsp3) is 0.276. The van der Waals surface area contributed by atoms with Gasteiger partial charge in [-0.1, -0.05) is 42.5 Å². The molecule has 5 nitrogen and oxygen atoms in total.